The van der Waals surface area contributed by atoms with E-state index in [1.54, 1.807) is 18.9 Å². The van der Waals surface area contributed by atoms with Gasteiger partial charge in [0.15, 0.2) is 0 Å². The number of hydrogen-bond donors (Lipinski definition) is 1. The van der Waals surface area contributed by atoms with Crippen molar-refractivity contribution in [2.24, 2.45) is 0 Å². The highest BCUT2D eigenvalue weighted by Gasteiger charge is 2.19. The summed E-state index contributed by atoms with van der Waals surface area (Å²) in [5.41, 5.74) is 0.489. The molecule has 0 aromatic heterocycles. The monoisotopic (exact) mass is 276 g/mol. The van der Waals surface area contributed by atoms with Crippen molar-refractivity contribution >= 4 is 17.3 Å². The fourth-order valence-electron chi connectivity index (χ4n) is 1.73. The summed E-state index contributed by atoms with van der Waals surface area (Å²) in [6.07, 6.45) is 0.270. The molecule has 0 atom stereocenters. The molecule has 0 unspecified atom stereocenters. The quantitative estimate of drug-likeness (QED) is 0.629. The van der Waals surface area contributed by atoms with Crippen LogP contribution in [0.2, 0.25) is 0 Å². The average molecular weight is 276 g/mol. The molecule has 0 aliphatic rings. The minimum atomic E-state index is -0.527. The number of nitrogens with one attached hydrogen (secondary N) is 1. The van der Waals surface area contributed by atoms with Crippen LogP contribution in [0.3, 0.4) is 0 Å². The number of carbonyl (C=O) groups excluding carboxylic acids is 1. The zero-order valence-electron chi connectivity index (χ0n) is 11.4. The van der Waals surface area contributed by atoms with Crippen molar-refractivity contribution in [1.82, 2.24) is 5.32 Å². The standard InChI is InChI=1S/C13H16N4O3/c1-3-15-13(18)10-5-6-11(12(9-10)17(19)20)16(2)8-4-7-14/h5-6,9H,3-4,8H2,1-2H3,(H,15,18). The van der Waals surface area contributed by atoms with Gasteiger partial charge in [0.05, 0.1) is 17.4 Å². The maximum Gasteiger partial charge on any atom is 0.293 e. The minimum Gasteiger partial charge on any atom is -0.368 e. The van der Waals surface area contributed by atoms with E-state index < -0.39 is 4.92 Å². The third-order valence-electron chi connectivity index (χ3n) is 2.74. The third-order valence-corrected chi connectivity index (χ3v) is 2.74. The van der Waals surface area contributed by atoms with Crippen LogP contribution in [0, 0.1) is 21.4 Å². The van der Waals surface area contributed by atoms with E-state index in [4.69, 9.17) is 5.26 Å². The second kappa shape index (κ2) is 7.09. The average Bonchev–Trinajstić information content (AvgIpc) is 2.44. The molecule has 1 amide bonds. The van der Waals surface area contributed by atoms with Gasteiger partial charge >= 0.3 is 0 Å². The van der Waals surface area contributed by atoms with E-state index in [1.165, 1.54) is 18.2 Å². The van der Waals surface area contributed by atoms with E-state index in [1.807, 2.05) is 6.07 Å². The fraction of sp³-hybridized carbons (Fsp3) is 0.385. The van der Waals surface area contributed by atoms with Gasteiger partial charge in [0, 0.05) is 31.8 Å². The van der Waals surface area contributed by atoms with Gasteiger partial charge in [0.2, 0.25) is 0 Å². The van der Waals surface area contributed by atoms with E-state index in [2.05, 4.69) is 5.32 Å². The molecule has 0 heterocycles. The van der Waals surface area contributed by atoms with Gasteiger partial charge in [-0.1, -0.05) is 0 Å². The molecular weight excluding hydrogens is 260 g/mol. The number of carbonyl (C=O) groups is 1. The number of anilines is 1. The van der Waals surface area contributed by atoms with Crippen molar-refractivity contribution in [1.29, 1.82) is 5.26 Å². The first-order valence-electron chi connectivity index (χ1n) is 6.16. The third kappa shape index (κ3) is 3.68. The van der Waals surface area contributed by atoms with E-state index in [-0.39, 0.29) is 23.6 Å². The summed E-state index contributed by atoms with van der Waals surface area (Å²) >= 11 is 0. The first-order valence-corrected chi connectivity index (χ1v) is 6.16. The number of nitro groups is 1. The van der Waals surface area contributed by atoms with Crippen molar-refractivity contribution in [3.05, 3.63) is 33.9 Å². The first-order chi connectivity index (χ1) is 9.51. The molecule has 0 bridgehead atoms. The molecule has 0 radical (unpaired) electrons. The fourth-order valence-corrected chi connectivity index (χ4v) is 1.73. The van der Waals surface area contributed by atoms with Crippen LogP contribution in [0.4, 0.5) is 11.4 Å². The SMILES string of the molecule is CCNC(=O)c1ccc(N(C)CCC#N)c([N+](=O)[O-])c1. The summed E-state index contributed by atoms with van der Waals surface area (Å²) in [6, 6.07) is 6.31. The Labute approximate surface area is 117 Å². The number of nitriles is 1. The lowest BCUT2D eigenvalue weighted by atomic mass is 10.1. The van der Waals surface area contributed by atoms with Crippen LogP contribution in [0.15, 0.2) is 18.2 Å². The summed E-state index contributed by atoms with van der Waals surface area (Å²) in [7, 11) is 1.67. The summed E-state index contributed by atoms with van der Waals surface area (Å²) in [5, 5.41) is 22.3. The van der Waals surface area contributed by atoms with Crippen molar-refractivity contribution < 1.29 is 9.72 Å². The molecule has 1 aromatic carbocycles. The van der Waals surface area contributed by atoms with Gasteiger partial charge in [-0.25, -0.2) is 0 Å². The molecule has 0 aliphatic carbocycles. The topological polar surface area (TPSA) is 99.3 Å². The lowest BCUT2D eigenvalue weighted by Crippen LogP contribution is -2.23. The molecule has 0 saturated carbocycles. The van der Waals surface area contributed by atoms with Crippen molar-refractivity contribution in [3.63, 3.8) is 0 Å². The maximum atomic E-state index is 11.7. The number of amides is 1. The van der Waals surface area contributed by atoms with Gasteiger partial charge in [0.25, 0.3) is 11.6 Å². The molecule has 7 heteroatoms. The summed E-state index contributed by atoms with van der Waals surface area (Å²) < 4.78 is 0. The molecular formula is C13H16N4O3. The lowest BCUT2D eigenvalue weighted by molar-refractivity contribution is -0.384. The summed E-state index contributed by atoms with van der Waals surface area (Å²) in [5.74, 6) is -0.346. The zero-order chi connectivity index (χ0) is 15.1. The van der Waals surface area contributed by atoms with Crippen LogP contribution < -0.4 is 10.2 Å². The van der Waals surface area contributed by atoms with Gasteiger partial charge in [-0.15, -0.1) is 0 Å². The van der Waals surface area contributed by atoms with Gasteiger partial charge in [0.1, 0.15) is 5.69 Å². The van der Waals surface area contributed by atoms with E-state index in [0.717, 1.165) is 0 Å². The molecule has 0 spiro atoms. The van der Waals surface area contributed by atoms with Crippen LogP contribution in [0.25, 0.3) is 0 Å². The van der Waals surface area contributed by atoms with Crippen LogP contribution >= 0.6 is 0 Å². The molecule has 1 N–H and O–H groups in total. The van der Waals surface area contributed by atoms with Gasteiger partial charge in [-0.3, -0.25) is 14.9 Å². The van der Waals surface area contributed by atoms with Crippen LogP contribution in [-0.2, 0) is 0 Å². The van der Waals surface area contributed by atoms with Crippen LogP contribution in [0.1, 0.15) is 23.7 Å². The number of rotatable bonds is 6. The molecule has 7 nitrogen and oxygen atoms in total. The largest absolute Gasteiger partial charge is 0.368 e. The molecule has 0 fully saturated rings. The Morgan fingerprint density at radius 3 is 2.80 bits per heavy atom. The normalized spacial score (nSPS) is 9.65. The molecule has 0 aliphatic heterocycles. The number of nitro benzene ring substituents is 1. The smallest absolute Gasteiger partial charge is 0.293 e. The number of hydrogen-bond acceptors (Lipinski definition) is 5. The number of benzene rings is 1. The summed E-state index contributed by atoms with van der Waals surface area (Å²) in [4.78, 5) is 23.9. The Bertz CT molecular complexity index is 551. The Morgan fingerprint density at radius 1 is 1.55 bits per heavy atom. The highest BCUT2D eigenvalue weighted by atomic mass is 16.6. The van der Waals surface area contributed by atoms with Crippen molar-refractivity contribution in [2.45, 2.75) is 13.3 Å². The predicted molar refractivity (Wildman–Crippen MR) is 74.6 cm³/mol. The van der Waals surface area contributed by atoms with Crippen LogP contribution in [0.5, 0.6) is 0 Å². The van der Waals surface area contributed by atoms with E-state index in [0.29, 0.717) is 18.8 Å². The number of nitrogens with zero attached hydrogens (tertiary/aromatic N) is 3. The highest BCUT2D eigenvalue weighted by molar-refractivity contribution is 5.95. The Balaban J connectivity index is 3.11. The lowest BCUT2D eigenvalue weighted by Gasteiger charge is -2.18. The molecule has 106 valence electrons. The van der Waals surface area contributed by atoms with Crippen molar-refractivity contribution in [3.8, 4) is 6.07 Å². The van der Waals surface area contributed by atoms with E-state index >= 15 is 0 Å². The predicted octanol–water partition coefficient (Wildman–Crippen LogP) is 1.69. The highest BCUT2D eigenvalue weighted by Crippen LogP contribution is 2.28. The summed E-state index contributed by atoms with van der Waals surface area (Å²) in [6.45, 7) is 2.62. The Hall–Kier alpha value is -2.62. The Morgan fingerprint density at radius 2 is 2.25 bits per heavy atom. The zero-order valence-corrected chi connectivity index (χ0v) is 11.4. The molecule has 0 saturated heterocycles. The van der Waals surface area contributed by atoms with Crippen LogP contribution in [-0.4, -0.2) is 31.0 Å². The minimum absolute atomic E-state index is 0.144. The maximum absolute atomic E-state index is 11.7. The Kier molecular flexibility index (Phi) is 5.47. The van der Waals surface area contributed by atoms with E-state index in [9.17, 15) is 14.9 Å². The first kappa shape index (κ1) is 15.4. The second-order valence-corrected chi connectivity index (χ2v) is 4.15. The second-order valence-electron chi connectivity index (χ2n) is 4.15. The molecule has 1 aromatic rings. The molecule has 20 heavy (non-hydrogen) atoms. The van der Waals surface area contributed by atoms with Gasteiger partial charge in [-0.05, 0) is 19.1 Å². The van der Waals surface area contributed by atoms with Crippen molar-refractivity contribution in [2.75, 3.05) is 25.0 Å². The molecule has 1 rings (SSSR count). The van der Waals surface area contributed by atoms with Gasteiger partial charge < -0.3 is 10.2 Å². The van der Waals surface area contributed by atoms with Gasteiger partial charge in [-0.2, -0.15) is 5.26 Å².